The van der Waals surface area contributed by atoms with Crippen LogP contribution in [-0.2, 0) is 6.42 Å². The Hall–Kier alpha value is -2.07. The van der Waals surface area contributed by atoms with Crippen molar-refractivity contribution in [3.63, 3.8) is 0 Å². The van der Waals surface area contributed by atoms with Crippen molar-refractivity contribution in [1.29, 1.82) is 0 Å². The molecule has 1 saturated heterocycles. The quantitative estimate of drug-likeness (QED) is 0.781. The summed E-state index contributed by atoms with van der Waals surface area (Å²) in [6.45, 7) is 3.96. The number of piperidine rings is 1. The number of hydrogen-bond donors (Lipinski definition) is 0. The highest BCUT2D eigenvalue weighted by Crippen LogP contribution is 2.26. The molecule has 0 aliphatic carbocycles. The zero-order valence-corrected chi connectivity index (χ0v) is 14.4. The Bertz CT molecular complexity index is 618. The Balaban J connectivity index is 1.45. The molecule has 0 radical (unpaired) electrons. The molecule has 0 N–H and O–H groups in total. The van der Waals surface area contributed by atoms with Crippen LogP contribution in [0.5, 0.6) is 11.5 Å². The lowest BCUT2D eigenvalue weighted by Gasteiger charge is -2.32. The second kappa shape index (κ2) is 8.69. The molecule has 1 atom stereocenters. The van der Waals surface area contributed by atoms with Crippen LogP contribution in [0.3, 0.4) is 0 Å². The van der Waals surface area contributed by atoms with E-state index in [9.17, 15) is 0 Å². The fourth-order valence-corrected chi connectivity index (χ4v) is 3.40. The van der Waals surface area contributed by atoms with E-state index in [1.54, 1.807) is 7.11 Å². The van der Waals surface area contributed by atoms with Crippen LogP contribution in [0.4, 0.5) is 0 Å². The number of benzene rings is 1. The van der Waals surface area contributed by atoms with Crippen molar-refractivity contribution < 1.29 is 9.47 Å². The van der Waals surface area contributed by atoms with Gasteiger partial charge in [-0.1, -0.05) is 18.2 Å². The van der Waals surface area contributed by atoms with Gasteiger partial charge >= 0.3 is 0 Å². The number of nitrogens with zero attached hydrogens (tertiary/aromatic N) is 2. The van der Waals surface area contributed by atoms with Crippen molar-refractivity contribution in [2.45, 2.75) is 19.3 Å². The zero-order valence-electron chi connectivity index (χ0n) is 14.4. The van der Waals surface area contributed by atoms with Gasteiger partial charge in [-0.05, 0) is 55.5 Å². The number of likely N-dealkylation sites (tertiary alicyclic amines) is 1. The van der Waals surface area contributed by atoms with Gasteiger partial charge in [0.2, 0.25) is 0 Å². The summed E-state index contributed by atoms with van der Waals surface area (Å²) in [5.41, 5.74) is 1.34. The van der Waals surface area contributed by atoms with E-state index in [4.69, 9.17) is 9.47 Å². The Morgan fingerprint density at radius 1 is 1.17 bits per heavy atom. The molecular weight excluding hydrogens is 300 g/mol. The fraction of sp³-hybridized carbons (Fsp3) is 0.450. The van der Waals surface area contributed by atoms with E-state index < -0.39 is 0 Å². The molecule has 4 heteroatoms. The molecule has 3 rings (SSSR count). The van der Waals surface area contributed by atoms with Gasteiger partial charge in [-0.25, -0.2) is 0 Å². The lowest BCUT2D eigenvalue weighted by molar-refractivity contribution is 0.145. The molecule has 2 aromatic rings. The maximum absolute atomic E-state index is 5.91. The van der Waals surface area contributed by atoms with Crippen LogP contribution in [0.25, 0.3) is 0 Å². The number of pyridine rings is 1. The van der Waals surface area contributed by atoms with E-state index >= 15 is 0 Å². The highest BCUT2D eigenvalue weighted by atomic mass is 16.5. The van der Waals surface area contributed by atoms with Crippen LogP contribution in [0.1, 0.15) is 18.4 Å². The molecule has 1 aromatic heterocycles. The molecule has 0 spiro atoms. The predicted molar refractivity (Wildman–Crippen MR) is 95.6 cm³/mol. The van der Waals surface area contributed by atoms with Crippen molar-refractivity contribution in [2.24, 2.45) is 5.92 Å². The molecule has 24 heavy (non-hydrogen) atoms. The molecule has 2 heterocycles. The smallest absolute Gasteiger partial charge is 0.161 e. The largest absolute Gasteiger partial charge is 0.493 e. The third-order valence-electron chi connectivity index (χ3n) is 4.58. The van der Waals surface area contributed by atoms with E-state index in [0.717, 1.165) is 31.0 Å². The summed E-state index contributed by atoms with van der Waals surface area (Å²) in [6, 6.07) is 12.0. The topological polar surface area (TPSA) is 34.6 Å². The average Bonchev–Trinajstić information content (AvgIpc) is 2.63. The van der Waals surface area contributed by atoms with Gasteiger partial charge in [-0.15, -0.1) is 0 Å². The summed E-state index contributed by atoms with van der Waals surface area (Å²) in [6.07, 6.45) is 7.52. The third kappa shape index (κ3) is 4.71. The van der Waals surface area contributed by atoms with Gasteiger partial charge in [-0.2, -0.15) is 0 Å². The molecular formula is C20H26N2O2. The average molecular weight is 326 g/mol. The first kappa shape index (κ1) is 16.8. The van der Waals surface area contributed by atoms with Crippen molar-refractivity contribution >= 4 is 0 Å². The normalized spacial score (nSPS) is 18.3. The number of hydrogen-bond acceptors (Lipinski definition) is 4. The molecule has 4 nitrogen and oxygen atoms in total. The Labute approximate surface area is 144 Å². The van der Waals surface area contributed by atoms with Crippen LogP contribution >= 0.6 is 0 Å². The number of methoxy groups -OCH3 is 1. The summed E-state index contributed by atoms with van der Waals surface area (Å²) in [5, 5.41) is 0. The standard InChI is InChI=1S/C20H26N2O2/c1-23-19-8-2-3-9-20(19)24-13-12-22-11-5-7-18(16-22)14-17-6-4-10-21-15-17/h2-4,6,8-10,15,18H,5,7,11-14,16H2,1H3/t18-/m0/s1. The van der Waals surface area contributed by atoms with Gasteiger partial charge in [0.15, 0.2) is 11.5 Å². The van der Waals surface area contributed by atoms with Gasteiger partial charge in [0.05, 0.1) is 7.11 Å². The predicted octanol–water partition coefficient (Wildman–Crippen LogP) is 3.42. The van der Waals surface area contributed by atoms with Crippen LogP contribution in [0.15, 0.2) is 48.8 Å². The maximum Gasteiger partial charge on any atom is 0.161 e. The van der Waals surface area contributed by atoms with E-state index in [2.05, 4.69) is 16.0 Å². The lowest BCUT2D eigenvalue weighted by atomic mass is 9.92. The Morgan fingerprint density at radius 2 is 2.04 bits per heavy atom. The monoisotopic (exact) mass is 326 g/mol. The minimum atomic E-state index is 0.694. The summed E-state index contributed by atoms with van der Waals surface area (Å²) in [4.78, 5) is 6.74. The zero-order chi connectivity index (χ0) is 16.6. The van der Waals surface area contributed by atoms with Crippen LogP contribution in [-0.4, -0.2) is 43.2 Å². The van der Waals surface area contributed by atoms with Crippen LogP contribution < -0.4 is 9.47 Å². The van der Waals surface area contributed by atoms with Gasteiger partial charge in [0.25, 0.3) is 0 Å². The van der Waals surface area contributed by atoms with Crippen LogP contribution in [0.2, 0.25) is 0 Å². The Kier molecular flexibility index (Phi) is 6.07. The van der Waals surface area contributed by atoms with E-state index in [-0.39, 0.29) is 0 Å². The van der Waals surface area contributed by atoms with Crippen molar-refractivity contribution in [3.05, 3.63) is 54.4 Å². The van der Waals surface area contributed by atoms with Crippen molar-refractivity contribution in [1.82, 2.24) is 9.88 Å². The van der Waals surface area contributed by atoms with Gasteiger partial charge in [-0.3, -0.25) is 9.88 Å². The Morgan fingerprint density at radius 3 is 2.83 bits per heavy atom. The molecule has 0 unspecified atom stereocenters. The molecule has 1 aromatic carbocycles. The number of para-hydroxylation sites is 2. The molecule has 1 aliphatic rings. The van der Waals surface area contributed by atoms with E-state index in [1.807, 2.05) is 42.7 Å². The summed E-state index contributed by atoms with van der Waals surface area (Å²) in [7, 11) is 1.68. The van der Waals surface area contributed by atoms with Gasteiger partial charge in [0.1, 0.15) is 6.61 Å². The molecule has 1 fully saturated rings. The van der Waals surface area contributed by atoms with Gasteiger partial charge < -0.3 is 9.47 Å². The minimum Gasteiger partial charge on any atom is -0.493 e. The SMILES string of the molecule is COc1ccccc1OCCN1CCC[C@@H](Cc2cccnc2)C1. The van der Waals surface area contributed by atoms with Gasteiger partial charge in [0, 0.05) is 25.5 Å². The van der Waals surface area contributed by atoms with E-state index in [0.29, 0.717) is 12.5 Å². The van der Waals surface area contributed by atoms with E-state index in [1.165, 1.54) is 24.9 Å². The molecule has 0 saturated carbocycles. The molecule has 0 amide bonds. The highest BCUT2D eigenvalue weighted by Gasteiger charge is 2.20. The first-order valence-electron chi connectivity index (χ1n) is 8.72. The summed E-state index contributed by atoms with van der Waals surface area (Å²) >= 11 is 0. The number of rotatable bonds is 7. The van der Waals surface area contributed by atoms with Crippen molar-refractivity contribution in [2.75, 3.05) is 33.4 Å². The maximum atomic E-state index is 5.91. The number of ether oxygens (including phenoxy) is 2. The molecule has 0 bridgehead atoms. The number of aromatic nitrogens is 1. The second-order valence-corrected chi connectivity index (χ2v) is 6.37. The molecule has 1 aliphatic heterocycles. The minimum absolute atomic E-state index is 0.694. The first-order valence-corrected chi connectivity index (χ1v) is 8.72. The second-order valence-electron chi connectivity index (χ2n) is 6.37. The third-order valence-corrected chi connectivity index (χ3v) is 4.58. The fourth-order valence-electron chi connectivity index (χ4n) is 3.40. The first-order chi connectivity index (χ1) is 11.8. The summed E-state index contributed by atoms with van der Waals surface area (Å²) in [5.74, 6) is 2.34. The lowest BCUT2D eigenvalue weighted by Crippen LogP contribution is -2.38. The summed E-state index contributed by atoms with van der Waals surface area (Å²) < 4.78 is 11.2. The molecule has 128 valence electrons. The van der Waals surface area contributed by atoms with Crippen molar-refractivity contribution in [3.8, 4) is 11.5 Å². The highest BCUT2D eigenvalue weighted by molar-refractivity contribution is 5.39. The van der Waals surface area contributed by atoms with Crippen LogP contribution in [0, 0.1) is 5.92 Å².